The molecule has 2 unspecified atom stereocenters. The van der Waals surface area contributed by atoms with Gasteiger partial charge in [-0.25, -0.2) is 8.60 Å². The van der Waals surface area contributed by atoms with Gasteiger partial charge in [0.1, 0.15) is 5.69 Å². The van der Waals surface area contributed by atoms with Gasteiger partial charge < -0.3 is 4.55 Å². The zero-order chi connectivity index (χ0) is 11.8. The summed E-state index contributed by atoms with van der Waals surface area (Å²) in [4.78, 5) is 0.484. The van der Waals surface area contributed by atoms with Gasteiger partial charge in [-0.3, -0.25) is 0 Å². The van der Waals surface area contributed by atoms with Crippen LogP contribution < -0.4 is 0 Å². The summed E-state index contributed by atoms with van der Waals surface area (Å²) in [6, 6.07) is 0. The highest BCUT2D eigenvalue weighted by molar-refractivity contribution is 7.79. The Morgan fingerprint density at radius 1 is 1.47 bits per heavy atom. The van der Waals surface area contributed by atoms with Gasteiger partial charge >= 0.3 is 6.18 Å². The second-order valence-electron chi connectivity index (χ2n) is 2.51. The number of nitrogens with zero attached hydrogens (tertiary/aromatic N) is 3. The van der Waals surface area contributed by atoms with E-state index < -0.39 is 34.1 Å². The molecule has 1 rings (SSSR count). The maximum absolute atomic E-state index is 12.9. The summed E-state index contributed by atoms with van der Waals surface area (Å²) in [6.07, 6.45) is -4.91. The first kappa shape index (κ1) is 12.0. The molecular formula is C5H5F4N3O2S. The lowest BCUT2D eigenvalue weighted by Crippen LogP contribution is -2.12. The Morgan fingerprint density at radius 3 is 2.40 bits per heavy atom. The monoisotopic (exact) mass is 247 g/mol. The Hall–Kier alpha value is -1.03. The van der Waals surface area contributed by atoms with Gasteiger partial charge in [0.2, 0.25) is 5.50 Å². The van der Waals surface area contributed by atoms with E-state index in [0.717, 1.165) is 7.05 Å². The van der Waals surface area contributed by atoms with Crippen LogP contribution in [0.4, 0.5) is 17.6 Å². The van der Waals surface area contributed by atoms with E-state index in [0.29, 0.717) is 4.80 Å². The van der Waals surface area contributed by atoms with Crippen LogP contribution in [0.1, 0.15) is 16.9 Å². The average molecular weight is 247 g/mol. The van der Waals surface area contributed by atoms with Gasteiger partial charge in [0, 0.05) is 7.05 Å². The Morgan fingerprint density at radius 2 is 2.00 bits per heavy atom. The first-order valence-corrected chi connectivity index (χ1v) is 4.62. The van der Waals surface area contributed by atoms with Gasteiger partial charge in [-0.05, 0) is 0 Å². The van der Waals surface area contributed by atoms with Crippen LogP contribution in [0.15, 0.2) is 0 Å². The zero-order valence-corrected chi connectivity index (χ0v) is 8.01. The van der Waals surface area contributed by atoms with E-state index >= 15 is 0 Å². The van der Waals surface area contributed by atoms with E-state index in [4.69, 9.17) is 4.55 Å². The van der Waals surface area contributed by atoms with Crippen LogP contribution in [0.25, 0.3) is 0 Å². The summed E-state index contributed by atoms with van der Waals surface area (Å²) < 4.78 is 68.2. The van der Waals surface area contributed by atoms with Gasteiger partial charge in [-0.1, -0.05) is 0 Å². The van der Waals surface area contributed by atoms with Crippen LogP contribution in [-0.2, 0) is 24.3 Å². The van der Waals surface area contributed by atoms with Crippen molar-refractivity contribution < 1.29 is 26.3 Å². The Labute approximate surface area is 83.4 Å². The van der Waals surface area contributed by atoms with Crippen molar-refractivity contribution in [1.29, 1.82) is 0 Å². The van der Waals surface area contributed by atoms with Crippen molar-refractivity contribution in [3.8, 4) is 0 Å². The smallest absolute Gasteiger partial charge is 0.304 e. The molecule has 1 aromatic heterocycles. The Kier molecular flexibility index (Phi) is 3.09. The third kappa shape index (κ3) is 2.50. The Balaban J connectivity index is 3.24. The molecule has 5 nitrogen and oxygen atoms in total. The fourth-order valence-electron chi connectivity index (χ4n) is 0.872. The topological polar surface area (TPSA) is 68.0 Å². The van der Waals surface area contributed by atoms with E-state index in [1.807, 2.05) is 0 Å². The van der Waals surface area contributed by atoms with Crippen molar-refractivity contribution in [2.24, 2.45) is 7.05 Å². The summed E-state index contributed by atoms with van der Waals surface area (Å²) in [5.41, 5.74) is -5.51. The molecule has 0 aliphatic heterocycles. The molecule has 0 radical (unpaired) electrons. The zero-order valence-electron chi connectivity index (χ0n) is 7.19. The molecular weight excluding hydrogens is 242 g/mol. The van der Waals surface area contributed by atoms with Crippen LogP contribution in [0.2, 0.25) is 0 Å². The van der Waals surface area contributed by atoms with Gasteiger partial charge in [-0.15, -0.1) is 5.10 Å². The lowest BCUT2D eigenvalue weighted by atomic mass is 10.3. The molecule has 0 saturated carbocycles. The Bertz CT molecular complexity index is 390. The highest BCUT2D eigenvalue weighted by Gasteiger charge is 2.41. The minimum Gasteiger partial charge on any atom is -0.304 e. The molecule has 0 spiro atoms. The molecule has 1 aromatic rings. The minimum atomic E-state index is -4.91. The molecule has 1 heterocycles. The summed E-state index contributed by atoms with van der Waals surface area (Å²) in [6.45, 7) is 0. The lowest BCUT2D eigenvalue weighted by Gasteiger charge is -2.05. The predicted molar refractivity (Wildman–Crippen MR) is 40.6 cm³/mol. The van der Waals surface area contributed by atoms with Crippen LogP contribution in [0.3, 0.4) is 0 Å². The van der Waals surface area contributed by atoms with Crippen LogP contribution in [0, 0.1) is 0 Å². The third-order valence-electron chi connectivity index (χ3n) is 1.40. The first-order chi connectivity index (χ1) is 6.73. The number of alkyl halides is 4. The van der Waals surface area contributed by atoms with E-state index in [9.17, 15) is 21.8 Å². The predicted octanol–water partition coefficient (Wildman–Crippen LogP) is 1.02. The van der Waals surface area contributed by atoms with Gasteiger partial charge in [-0.2, -0.15) is 23.1 Å². The number of rotatable bonds is 2. The fraction of sp³-hybridized carbons (Fsp3) is 0.600. The molecule has 0 saturated heterocycles. The maximum Gasteiger partial charge on any atom is 0.437 e. The highest BCUT2D eigenvalue weighted by atomic mass is 32.2. The van der Waals surface area contributed by atoms with Crippen LogP contribution in [-0.4, -0.2) is 23.8 Å². The summed E-state index contributed by atoms with van der Waals surface area (Å²) >= 11 is -3.08. The molecule has 0 aliphatic rings. The molecule has 15 heavy (non-hydrogen) atoms. The van der Waals surface area contributed by atoms with E-state index in [2.05, 4.69) is 10.2 Å². The van der Waals surface area contributed by atoms with Crippen molar-refractivity contribution >= 4 is 11.1 Å². The number of aromatic nitrogens is 3. The van der Waals surface area contributed by atoms with E-state index in [1.165, 1.54) is 0 Å². The van der Waals surface area contributed by atoms with E-state index in [-0.39, 0.29) is 0 Å². The van der Waals surface area contributed by atoms with Crippen molar-refractivity contribution in [1.82, 2.24) is 15.0 Å². The summed E-state index contributed by atoms with van der Waals surface area (Å²) in [7, 11) is 1.05. The second-order valence-corrected chi connectivity index (χ2v) is 3.48. The van der Waals surface area contributed by atoms with Crippen LogP contribution in [0.5, 0.6) is 0 Å². The molecule has 0 bridgehead atoms. The van der Waals surface area contributed by atoms with Gasteiger partial charge in [0.25, 0.3) is 0 Å². The summed E-state index contributed by atoms with van der Waals surface area (Å²) in [5.74, 6) is 0. The van der Waals surface area contributed by atoms with Crippen molar-refractivity contribution in [2.75, 3.05) is 0 Å². The SMILES string of the molecule is Cn1nc(C(F)S(=O)O)c(C(F)(F)F)n1. The quantitative estimate of drug-likeness (QED) is 0.626. The number of halogens is 4. The molecule has 10 heteroatoms. The highest BCUT2D eigenvalue weighted by Crippen LogP contribution is 2.33. The maximum atomic E-state index is 12.9. The molecule has 1 N–H and O–H groups in total. The standard InChI is InChI=1S/C5H5F4N3O2S/c1-12-10-2(4(6)15(13)14)3(11-12)5(7,8)9/h4H,1H3,(H,13,14). The molecule has 0 aromatic carbocycles. The average Bonchev–Trinajstić information content (AvgIpc) is 2.44. The number of aryl methyl sites for hydroxylation is 1. The van der Waals surface area contributed by atoms with Crippen molar-refractivity contribution in [3.63, 3.8) is 0 Å². The lowest BCUT2D eigenvalue weighted by molar-refractivity contribution is -0.142. The van der Waals surface area contributed by atoms with Crippen molar-refractivity contribution in [3.05, 3.63) is 11.4 Å². The molecule has 0 fully saturated rings. The molecule has 0 amide bonds. The van der Waals surface area contributed by atoms with E-state index in [1.54, 1.807) is 0 Å². The fourth-order valence-corrected chi connectivity index (χ4v) is 1.22. The summed E-state index contributed by atoms with van der Waals surface area (Å²) in [5, 5.41) is 5.94. The minimum absolute atomic E-state index is 0.484. The van der Waals surface area contributed by atoms with Gasteiger partial charge in [0.05, 0.1) is 0 Å². The molecule has 0 aliphatic carbocycles. The second kappa shape index (κ2) is 3.85. The third-order valence-corrected chi connectivity index (χ3v) is 1.98. The van der Waals surface area contributed by atoms with Crippen molar-refractivity contribution in [2.45, 2.75) is 11.7 Å². The number of hydrogen-bond acceptors (Lipinski definition) is 3. The molecule has 86 valence electrons. The number of hydrogen-bond donors (Lipinski definition) is 1. The van der Waals surface area contributed by atoms with Crippen LogP contribution >= 0.6 is 0 Å². The van der Waals surface area contributed by atoms with Gasteiger partial charge in [0.15, 0.2) is 16.8 Å². The molecule has 2 atom stereocenters. The normalized spacial score (nSPS) is 16.4. The first-order valence-electron chi connectivity index (χ1n) is 3.45. The largest absolute Gasteiger partial charge is 0.437 e.